The predicted molar refractivity (Wildman–Crippen MR) is 130 cm³/mol. The number of nitrogens with zero attached hydrogens (tertiary/aromatic N) is 4. The van der Waals surface area contributed by atoms with E-state index in [2.05, 4.69) is 4.98 Å². The van der Waals surface area contributed by atoms with Crippen molar-refractivity contribution in [3.8, 4) is 5.75 Å². The third kappa shape index (κ3) is 4.27. The summed E-state index contributed by atoms with van der Waals surface area (Å²) in [4.78, 5) is 35.9. The summed E-state index contributed by atoms with van der Waals surface area (Å²) >= 11 is 0. The maximum atomic E-state index is 15.2. The first-order chi connectivity index (χ1) is 17.9. The first kappa shape index (κ1) is 24.3. The zero-order chi connectivity index (χ0) is 25.7. The van der Waals surface area contributed by atoms with Crippen molar-refractivity contribution >= 4 is 28.4 Å². The molecular weight excluding hydrogens is 486 g/mol. The van der Waals surface area contributed by atoms with E-state index in [9.17, 15) is 14.0 Å². The Morgan fingerprint density at radius 2 is 1.68 bits per heavy atom. The highest BCUT2D eigenvalue weighted by molar-refractivity contribution is 6.08. The largest absolute Gasteiger partial charge is 0.491 e. The molecule has 0 unspecified atom stereocenters. The van der Waals surface area contributed by atoms with Crippen LogP contribution in [-0.2, 0) is 14.3 Å². The Balaban J connectivity index is 1.34. The lowest BCUT2D eigenvalue weighted by atomic mass is 9.99. The van der Waals surface area contributed by atoms with Gasteiger partial charge in [0.15, 0.2) is 23.2 Å². The van der Waals surface area contributed by atoms with E-state index in [1.165, 1.54) is 19.4 Å². The molecule has 4 heterocycles. The van der Waals surface area contributed by atoms with Gasteiger partial charge in [0.25, 0.3) is 5.91 Å². The number of pyridine rings is 1. The highest BCUT2D eigenvalue weighted by atomic mass is 19.1. The van der Waals surface area contributed by atoms with E-state index >= 15 is 4.39 Å². The molecule has 3 saturated heterocycles. The normalized spacial score (nSPS) is 21.6. The zero-order valence-corrected chi connectivity index (χ0v) is 20.8. The highest BCUT2D eigenvalue weighted by Crippen LogP contribution is 2.40. The lowest BCUT2D eigenvalue weighted by molar-refractivity contribution is -0.169. The van der Waals surface area contributed by atoms with Crippen LogP contribution in [0.3, 0.4) is 0 Å². The molecule has 1 aliphatic carbocycles. The molecule has 1 aromatic heterocycles. The van der Waals surface area contributed by atoms with E-state index in [-0.39, 0.29) is 34.2 Å². The minimum atomic E-state index is -0.902. The Kier molecular flexibility index (Phi) is 6.15. The zero-order valence-electron chi connectivity index (χ0n) is 20.8. The topological polar surface area (TPSA) is 84.4 Å². The van der Waals surface area contributed by atoms with Gasteiger partial charge in [0.2, 0.25) is 5.91 Å². The maximum absolute atomic E-state index is 15.2. The number of hydrogen-bond acceptors (Lipinski definition) is 7. The molecule has 2 aromatic rings. The molecule has 11 heteroatoms. The number of aromatic nitrogens is 1. The molecule has 4 aliphatic rings. The van der Waals surface area contributed by atoms with Crippen LogP contribution in [0.15, 0.2) is 12.3 Å². The van der Waals surface area contributed by atoms with Crippen molar-refractivity contribution in [1.82, 2.24) is 14.8 Å². The number of carbonyl (C=O) groups is 2. The third-order valence-electron chi connectivity index (χ3n) is 7.88. The van der Waals surface area contributed by atoms with Crippen LogP contribution in [-0.4, -0.2) is 92.0 Å². The molecule has 1 saturated carbocycles. The molecule has 0 atom stereocenters. The fraction of sp³-hybridized carbons (Fsp3) is 0.577. The molecule has 0 bridgehead atoms. The number of hydrogen-bond donors (Lipinski definition) is 0. The van der Waals surface area contributed by atoms with Crippen LogP contribution in [0.5, 0.6) is 5.75 Å². The van der Waals surface area contributed by atoms with Crippen molar-refractivity contribution in [1.29, 1.82) is 0 Å². The van der Waals surface area contributed by atoms with Gasteiger partial charge in [-0.1, -0.05) is 0 Å². The predicted octanol–water partition coefficient (Wildman–Crippen LogP) is 2.56. The van der Waals surface area contributed by atoms with Gasteiger partial charge in [0.1, 0.15) is 5.52 Å². The molecule has 3 aliphatic heterocycles. The van der Waals surface area contributed by atoms with Gasteiger partial charge >= 0.3 is 0 Å². The van der Waals surface area contributed by atoms with Crippen molar-refractivity contribution in [2.45, 2.75) is 31.5 Å². The summed E-state index contributed by atoms with van der Waals surface area (Å²) in [5.41, 5.74) is 0.667. The van der Waals surface area contributed by atoms with Crippen molar-refractivity contribution < 1.29 is 32.6 Å². The summed E-state index contributed by atoms with van der Waals surface area (Å²) in [6, 6.07) is 1.19. The van der Waals surface area contributed by atoms with Gasteiger partial charge in [0, 0.05) is 69.6 Å². The molecule has 4 fully saturated rings. The molecule has 1 spiro atoms. The number of halogens is 2. The minimum Gasteiger partial charge on any atom is -0.491 e. The summed E-state index contributed by atoms with van der Waals surface area (Å²) in [6.07, 6.45) is 4.38. The maximum Gasteiger partial charge on any atom is 0.257 e. The van der Waals surface area contributed by atoms with Crippen LogP contribution in [0, 0.1) is 17.6 Å². The summed E-state index contributed by atoms with van der Waals surface area (Å²) in [6.45, 7) is 3.77. The molecule has 0 radical (unpaired) electrons. The van der Waals surface area contributed by atoms with Gasteiger partial charge in [-0.15, -0.1) is 0 Å². The smallest absolute Gasteiger partial charge is 0.257 e. The first-order valence-electron chi connectivity index (χ1n) is 12.9. The summed E-state index contributed by atoms with van der Waals surface area (Å²) in [7, 11) is 1.20. The lowest BCUT2D eigenvalue weighted by Crippen LogP contribution is -2.51. The minimum absolute atomic E-state index is 0.0571. The second-order valence-corrected chi connectivity index (χ2v) is 10.1. The van der Waals surface area contributed by atoms with Gasteiger partial charge < -0.3 is 28.9 Å². The van der Waals surface area contributed by atoms with E-state index in [1.807, 2.05) is 9.80 Å². The number of rotatable bonds is 4. The monoisotopic (exact) mass is 516 g/mol. The average molecular weight is 517 g/mol. The van der Waals surface area contributed by atoms with Crippen LogP contribution >= 0.6 is 0 Å². The molecular formula is C26H30F2N4O5. The molecule has 1 aromatic carbocycles. The van der Waals surface area contributed by atoms with E-state index in [1.54, 1.807) is 4.90 Å². The number of benzene rings is 1. The van der Waals surface area contributed by atoms with Gasteiger partial charge in [-0.2, -0.15) is 0 Å². The summed E-state index contributed by atoms with van der Waals surface area (Å²) in [5.74, 6) is -2.88. The number of piperazine rings is 1. The summed E-state index contributed by atoms with van der Waals surface area (Å²) < 4.78 is 46.6. The van der Waals surface area contributed by atoms with E-state index in [0.717, 1.165) is 12.8 Å². The molecule has 198 valence electrons. The average Bonchev–Trinajstić information content (AvgIpc) is 3.68. The Hall–Kier alpha value is -3.05. The number of anilines is 1. The van der Waals surface area contributed by atoms with Gasteiger partial charge in [0.05, 0.1) is 31.6 Å². The van der Waals surface area contributed by atoms with E-state index < -0.39 is 23.2 Å². The third-order valence-corrected chi connectivity index (χ3v) is 7.88. The second kappa shape index (κ2) is 9.36. The van der Waals surface area contributed by atoms with Crippen molar-refractivity contribution in [2.75, 3.05) is 64.5 Å². The van der Waals surface area contributed by atoms with Crippen LogP contribution in [0.2, 0.25) is 0 Å². The molecule has 6 rings (SSSR count). The van der Waals surface area contributed by atoms with E-state index in [4.69, 9.17) is 14.2 Å². The van der Waals surface area contributed by atoms with Crippen LogP contribution in [0.4, 0.5) is 14.5 Å². The number of fused-ring (bicyclic) bond motifs is 1. The Bertz CT molecular complexity index is 1230. The fourth-order valence-electron chi connectivity index (χ4n) is 5.66. The standard InChI is InChI=1S/C26H30F2N4O5/c1-35-23-19(27)14-17-21(20(23)28)29-15-18(22(17)30-6-4-26(5-7-30)36-12-13-37-26)25(34)32-10-8-31(9-11-32)24(33)16-2-3-16/h14-16H,2-13H2,1H3. The Labute approximate surface area is 213 Å². The van der Waals surface area contributed by atoms with E-state index in [0.29, 0.717) is 71.0 Å². The Morgan fingerprint density at radius 3 is 2.30 bits per heavy atom. The number of piperidine rings is 1. The van der Waals surface area contributed by atoms with Crippen molar-refractivity contribution in [3.63, 3.8) is 0 Å². The van der Waals surface area contributed by atoms with Crippen LogP contribution in [0.25, 0.3) is 10.9 Å². The lowest BCUT2D eigenvalue weighted by Gasteiger charge is -2.40. The molecule has 2 amide bonds. The number of carbonyl (C=O) groups excluding carboxylic acids is 2. The molecule has 9 nitrogen and oxygen atoms in total. The highest BCUT2D eigenvalue weighted by Gasteiger charge is 2.41. The summed E-state index contributed by atoms with van der Waals surface area (Å²) in [5, 5.41) is 0.216. The van der Waals surface area contributed by atoms with Gasteiger partial charge in [-0.3, -0.25) is 14.6 Å². The van der Waals surface area contributed by atoms with Gasteiger partial charge in [-0.05, 0) is 18.9 Å². The van der Waals surface area contributed by atoms with Crippen LogP contribution < -0.4 is 9.64 Å². The van der Waals surface area contributed by atoms with Crippen molar-refractivity contribution in [3.05, 3.63) is 29.5 Å². The SMILES string of the molecule is COc1c(F)cc2c(N3CCC4(CC3)OCCO4)c(C(=O)N3CCN(C(=O)C4CC4)CC3)cnc2c1F. The van der Waals surface area contributed by atoms with Crippen molar-refractivity contribution in [2.24, 2.45) is 5.92 Å². The quantitative estimate of drug-likeness (QED) is 0.618. The number of ether oxygens (including phenoxy) is 3. The first-order valence-corrected chi connectivity index (χ1v) is 12.9. The number of amides is 2. The molecule has 0 N–H and O–H groups in total. The van der Waals surface area contributed by atoms with Crippen LogP contribution in [0.1, 0.15) is 36.0 Å². The Morgan fingerprint density at radius 1 is 1.03 bits per heavy atom. The fourth-order valence-corrected chi connectivity index (χ4v) is 5.66. The van der Waals surface area contributed by atoms with Gasteiger partial charge in [-0.25, -0.2) is 8.78 Å². The molecule has 37 heavy (non-hydrogen) atoms. The second-order valence-electron chi connectivity index (χ2n) is 10.1. The number of methoxy groups -OCH3 is 1.